The Kier molecular flexibility index (Phi) is 5.67. The summed E-state index contributed by atoms with van der Waals surface area (Å²) in [6.45, 7) is 16.0. The summed E-state index contributed by atoms with van der Waals surface area (Å²) in [6, 6.07) is 40.6. The summed E-state index contributed by atoms with van der Waals surface area (Å²) < 4.78 is 16.3. The highest BCUT2D eigenvalue weighted by atomic mass is 16.6. The Morgan fingerprint density at radius 1 is 0.579 bits per heavy atom. The molecule has 2 aromatic heterocycles. The average Bonchev–Trinajstić information content (AvgIpc) is 3.57. The average molecular weight is 735 g/mol. The number of nitrogens with zero attached hydrogens (tertiary/aromatic N) is 2. The molecule has 13 rings (SSSR count). The number of hydrogen-bond acceptors (Lipinski definition) is 3. The molecule has 3 aliphatic rings. The van der Waals surface area contributed by atoms with Crippen molar-refractivity contribution in [2.45, 2.75) is 59.3 Å². The number of imidazole rings is 1. The lowest BCUT2D eigenvalue weighted by molar-refractivity contribution is 0.362. The molecule has 0 saturated carbocycles. The standard InChI is InChI=1S/C52H39BN2O2/c1-26-11-10-12-31-39(26)50-54-35-25-38-49(57-37-14-9-8-13-36(37)56-38)46-47(35)55(50)48-44(31)40(27-15-19-29(20-16-27)51(2,3)4)32-22-18-28-17-21-30-33(52(5,6)7)23-24-34-42(30)41(28)43(32)45(48)53(34)46/h8-25H,1-7H3. The fourth-order valence-electron chi connectivity index (χ4n) is 10.9. The minimum absolute atomic E-state index is 0.0440. The van der Waals surface area contributed by atoms with E-state index in [1.807, 2.05) is 24.3 Å². The second-order valence-corrected chi connectivity index (χ2v) is 18.7. The molecule has 0 amide bonds. The maximum absolute atomic E-state index is 7.04. The summed E-state index contributed by atoms with van der Waals surface area (Å²) in [5.74, 6) is 2.95. The molecule has 0 N–H and O–H groups in total. The molecule has 0 spiro atoms. The predicted molar refractivity (Wildman–Crippen MR) is 239 cm³/mol. The van der Waals surface area contributed by atoms with Crippen molar-refractivity contribution in [3.63, 3.8) is 0 Å². The minimum atomic E-state index is -0.120. The second kappa shape index (κ2) is 10.2. The van der Waals surface area contributed by atoms with Crippen molar-refractivity contribution < 1.29 is 9.47 Å². The SMILES string of the molecule is Cc1cccc2c1c1nc3cc4c(c5c3n1c1c3c6c(ccc7ccc8c(C(C)(C)C)ccc(c8c76)B53)c(-c3ccc(C(C)(C)C)cc3)c21)Oc1ccccc1O4. The monoisotopic (exact) mass is 734 g/mol. The first-order valence-electron chi connectivity index (χ1n) is 20.3. The Hall–Kier alpha value is -6.33. The molecule has 5 heteroatoms. The molecule has 0 aliphatic carbocycles. The van der Waals surface area contributed by atoms with Crippen molar-refractivity contribution >= 4 is 93.8 Å². The number of ether oxygens (including phenoxy) is 2. The number of aryl methyl sites for hydroxylation is 1. The lowest BCUT2D eigenvalue weighted by atomic mass is 9.33. The molecule has 0 unspecified atom stereocenters. The van der Waals surface area contributed by atoms with Gasteiger partial charge in [-0.3, -0.25) is 4.40 Å². The quantitative estimate of drug-likeness (QED) is 0.0957. The number of benzene rings is 8. The zero-order valence-electron chi connectivity index (χ0n) is 33.2. The highest BCUT2D eigenvalue weighted by molar-refractivity contribution is 7.03. The summed E-state index contributed by atoms with van der Waals surface area (Å²) >= 11 is 0. The summed E-state index contributed by atoms with van der Waals surface area (Å²) in [5, 5.41) is 11.6. The summed E-state index contributed by atoms with van der Waals surface area (Å²) in [7, 11) is 0. The van der Waals surface area contributed by atoms with E-state index in [9.17, 15) is 0 Å². The Bertz CT molecular complexity index is 3540. The molecule has 10 aromatic rings. The number of rotatable bonds is 1. The molecule has 0 atom stereocenters. The van der Waals surface area contributed by atoms with Gasteiger partial charge in [-0.1, -0.05) is 138 Å². The Balaban J connectivity index is 1.34. The van der Waals surface area contributed by atoms with Crippen LogP contribution in [0.4, 0.5) is 0 Å². The highest BCUT2D eigenvalue weighted by Crippen LogP contribution is 2.51. The van der Waals surface area contributed by atoms with Crippen molar-refractivity contribution in [2.24, 2.45) is 0 Å². The Labute approximate surface area is 330 Å². The van der Waals surface area contributed by atoms with Crippen LogP contribution in [0.1, 0.15) is 58.2 Å². The molecule has 272 valence electrons. The van der Waals surface area contributed by atoms with Crippen LogP contribution in [0.25, 0.3) is 81.8 Å². The Morgan fingerprint density at radius 2 is 1.33 bits per heavy atom. The van der Waals surface area contributed by atoms with E-state index in [4.69, 9.17) is 14.5 Å². The smallest absolute Gasteiger partial charge is 0.253 e. The van der Waals surface area contributed by atoms with E-state index in [-0.39, 0.29) is 17.5 Å². The summed E-state index contributed by atoms with van der Waals surface area (Å²) in [4.78, 5) is 5.58. The van der Waals surface area contributed by atoms with Crippen molar-refractivity contribution in [2.75, 3.05) is 0 Å². The number of para-hydroxylation sites is 2. The third kappa shape index (κ3) is 3.83. The zero-order valence-corrected chi connectivity index (χ0v) is 33.2. The second-order valence-electron chi connectivity index (χ2n) is 18.7. The van der Waals surface area contributed by atoms with Gasteiger partial charge in [0.25, 0.3) is 6.71 Å². The molecule has 3 aliphatic heterocycles. The van der Waals surface area contributed by atoms with Gasteiger partial charge in [-0.25, -0.2) is 4.98 Å². The first kappa shape index (κ1) is 31.8. The first-order valence-corrected chi connectivity index (χ1v) is 20.3. The molecule has 4 nitrogen and oxygen atoms in total. The minimum Gasteiger partial charge on any atom is -0.450 e. The van der Waals surface area contributed by atoms with Crippen molar-refractivity contribution in [1.29, 1.82) is 0 Å². The third-order valence-corrected chi connectivity index (χ3v) is 13.4. The highest BCUT2D eigenvalue weighted by Gasteiger charge is 2.44. The van der Waals surface area contributed by atoms with Gasteiger partial charge in [-0.05, 0) is 101 Å². The molecule has 0 saturated heterocycles. The fraction of sp³-hybridized carbons (Fsp3) is 0.173. The topological polar surface area (TPSA) is 35.8 Å². The van der Waals surface area contributed by atoms with Crippen molar-refractivity contribution in [3.05, 3.63) is 126 Å². The van der Waals surface area contributed by atoms with E-state index in [0.717, 1.165) is 39.4 Å². The van der Waals surface area contributed by atoms with Gasteiger partial charge in [0, 0.05) is 22.3 Å². The van der Waals surface area contributed by atoms with Gasteiger partial charge in [-0.2, -0.15) is 0 Å². The van der Waals surface area contributed by atoms with E-state index < -0.39 is 0 Å². The van der Waals surface area contributed by atoms with Crippen molar-refractivity contribution in [3.8, 4) is 34.1 Å². The molecular formula is C52H39BN2O2. The summed E-state index contributed by atoms with van der Waals surface area (Å²) in [6.07, 6.45) is 0. The lowest BCUT2D eigenvalue weighted by Gasteiger charge is -2.35. The third-order valence-electron chi connectivity index (χ3n) is 13.4. The maximum Gasteiger partial charge on any atom is 0.253 e. The summed E-state index contributed by atoms with van der Waals surface area (Å²) in [5.41, 5.74) is 14.5. The number of pyridine rings is 1. The van der Waals surface area contributed by atoms with Gasteiger partial charge in [0.15, 0.2) is 23.0 Å². The van der Waals surface area contributed by atoms with Crippen molar-refractivity contribution in [1.82, 2.24) is 9.38 Å². The van der Waals surface area contributed by atoms with E-state index >= 15 is 0 Å². The molecule has 8 aromatic carbocycles. The molecule has 57 heavy (non-hydrogen) atoms. The lowest BCUT2D eigenvalue weighted by Crippen LogP contribution is -2.57. The van der Waals surface area contributed by atoms with Crippen LogP contribution < -0.4 is 25.9 Å². The normalized spacial score (nSPS) is 14.1. The molecule has 0 fully saturated rings. The largest absolute Gasteiger partial charge is 0.450 e. The van der Waals surface area contributed by atoms with Crippen LogP contribution in [-0.4, -0.2) is 16.1 Å². The van der Waals surface area contributed by atoms with Gasteiger partial charge in [0.05, 0.1) is 16.6 Å². The van der Waals surface area contributed by atoms with Crippen LogP contribution in [0.2, 0.25) is 0 Å². The zero-order chi connectivity index (χ0) is 38.4. The van der Waals surface area contributed by atoms with E-state index in [1.165, 1.54) is 92.7 Å². The Morgan fingerprint density at radius 3 is 2.09 bits per heavy atom. The first-order chi connectivity index (χ1) is 27.5. The van der Waals surface area contributed by atoms with Crippen LogP contribution in [-0.2, 0) is 10.8 Å². The van der Waals surface area contributed by atoms with Gasteiger partial charge in [-0.15, -0.1) is 0 Å². The van der Waals surface area contributed by atoms with Crippen LogP contribution in [0.15, 0.2) is 109 Å². The van der Waals surface area contributed by atoms with Gasteiger partial charge < -0.3 is 9.47 Å². The predicted octanol–water partition coefficient (Wildman–Crippen LogP) is 11.9. The van der Waals surface area contributed by atoms with Crippen LogP contribution >= 0.6 is 0 Å². The molecule has 5 heterocycles. The number of aromatic nitrogens is 2. The van der Waals surface area contributed by atoms with Gasteiger partial charge in [0.1, 0.15) is 5.65 Å². The fourth-order valence-corrected chi connectivity index (χ4v) is 10.9. The van der Waals surface area contributed by atoms with E-state index in [2.05, 4.69) is 138 Å². The molecular weight excluding hydrogens is 695 g/mol. The van der Waals surface area contributed by atoms with E-state index in [1.54, 1.807) is 0 Å². The number of hydrogen-bond donors (Lipinski definition) is 0. The van der Waals surface area contributed by atoms with Gasteiger partial charge >= 0.3 is 0 Å². The number of fused-ring (bicyclic) bond motifs is 8. The molecule has 0 bridgehead atoms. The van der Waals surface area contributed by atoms with Crippen LogP contribution in [0, 0.1) is 6.92 Å². The van der Waals surface area contributed by atoms with Crippen LogP contribution in [0.5, 0.6) is 23.0 Å². The van der Waals surface area contributed by atoms with Gasteiger partial charge in [0.2, 0.25) is 0 Å². The maximum atomic E-state index is 7.04. The molecule has 0 radical (unpaired) electrons. The van der Waals surface area contributed by atoms with E-state index in [0.29, 0.717) is 5.75 Å². The van der Waals surface area contributed by atoms with Crippen LogP contribution in [0.3, 0.4) is 0 Å².